The molecule has 21 rings (SSSR count). The highest BCUT2D eigenvalue weighted by Crippen LogP contribution is 2.55. The fourth-order valence-corrected chi connectivity index (χ4v) is 21.9. The van der Waals surface area contributed by atoms with E-state index >= 15 is 0 Å². The lowest BCUT2D eigenvalue weighted by Gasteiger charge is -2.33. The molecule has 0 radical (unpaired) electrons. The Morgan fingerprint density at radius 3 is 0.680 bits per heavy atom. The first-order valence-corrected chi connectivity index (χ1v) is 52.9. The van der Waals surface area contributed by atoms with E-state index in [9.17, 15) is 0 Å². The minimum absolute atomic E-state index is 0.653. The van der Waals surface area contributed by atoms with Gasteiger partial charge in [-0.2, -0.15) is 0 Å². The van der Waals surface area contributed by atoms with Crippen LogP contribution in [0.15, 0.2) is 393 Å². The van der Waals surface area contributed by atoms with Crippen molar-refractivity contribution in [3.63, 3.8) is 0 Å². The molecular formula is C111H94N12S3Si2. The van der Waals surface area contributed by atoms with Gasteiger partial charge in [0.15, 0.2) is 52.4 Å². The summed E-state index contributed by atoms with van der Waals surface area (Å²) in [5.41, 5.74) is 24.4. The summed E-state index contributed by atoms with van der Waals surface area (Å²) < 4.78 is 0. The number of fused-ring (bicyclic) bond motifs is 6. The van der Waals surface area contributed by atoms with E-state index in [1.165, 1.54) is 96.1 Å². The molecule has 128 heavy (non-hydrogen) atoms. The maximum Gasteiger partial charge on any atom is 0.164 e. The maximum atomic E-state index is 5.04. The topological polar surface area (TPSA) is 126 Å². The van der Waals surface area contributed by atoms with Crippen LogP contribution in [0.25, 0.3) is 102 Å². The SMILES string of the molecule is CCc1ccc2c(c1)Sc1cc(CC)ccc1N2c1ccc(-c2nc(-c3ccccc3)nc(-c3ccccc3)n2)cc1.C[Si](C)(C)c1ccc(-c2nc(-c3ccc(N4c5ccccc5Sc5ccccc54)cc3)nc(-c3ccc([Si](C)(C)C)cc3)n2)cc1.Cc1ccc2c(c1)Sc1cc(C)ccc1N2c1ccc(-c2nc(-c3ccccc3)nc(-c3ccccc3)n2)cc1. The van der Waals surface area contributed by atoms with Gasteiger partial charge in [-0.1, -0.05) is 317 Å². The van der Waals surface area contributed by atoms with E-state index in [4.69, 9.17) is 44.9 Å². The van der Waals surface area contributed by atoms with Gasteiger partial charge in [-0.3, -0.25) is 0 Å². The molecule has 3 aliphatic rings. The minimum atomic E-state index is -1.42. The fourth-order valence-electron chi connectivity index (χ4n) is 16.1. The summed E-state index contributed by atoms with van der Waals surface area (Å²) in [6, 6.07) is 128. The highest BCUT2D eigenvalue weighted by atomic mass is 32.2. The van der Waals surface area contributed by atoms with E-state index < -0.39 is 16.1 Å². The maximum absolute atomic E-state index is 5.04. The van der Waals surface area contributed by atoms with Crippen LogP contribution >= 0.6 is 35.3 Å². The van der Waals surface area contributed by atoms with E-state index in [2.05, 4.69) is 324 Å². The molecule has 0 fully saturated rings. The summed E-state index contributed by atoms with van der Waals surface area (Å²) in [4.78, 5) is 59.0. The van der Waals surface area contributed by atoms with Crippen molar-refractivity contribution in [2.75, 3.05) is 14.7 Å². The Labute approximate surface area is 764 Å². The van der Waals surface area contributed by atoms with Gasteiger partial charge in [-0.05, 0) is 195 Å². The molecule has 18 aromatic rings. The van der Waals surface area contributed by atoms with Crippen LogP contribution in [0.4, 0.5) is 51.2 Å². The van der Waals surface area contributed by atoms with Crippen LogP contribution in [-0.2, 0) is 12.8 Å². The summed E-state index contributed by atoms with van der Waals surface area (Å²) >= 11 is 5.53. The van der Waals surface area contributed by atoms with Crippen molar-refractivity contribution in [1.82, 2.24) is 44.9 Å². The Morgan fingerprint density at radius 2 is 0.422 bits per heavy atom. The molecule has 0 spiro atoms. The van der Waals surface area contributed by atoms with Gasteiger partial charge < -0.3 is 14.7 Å². The molecule has 0 bridgehead atoms. The van der Waals surface area contributed by atoms with Crippen molar-refractivity contribution in [3.8, 4) is 102 Å². The van der Waals surface area contributed by atoms with E-state index in [0.717, 1.165) is 80.0 Å². The van der Waals surface area contributed by atoms with Crippen molar-refractivity contribution < 1.29 is 0 Å². The van der Waals surface area contributed by atoms with Gasteiger partial charge in [0.05, 0.1) is 50.3 Å². The first-order chi connectivity index (χ1) is 62.4. The second kappa shape index (κ2) is 36.3. The summed E-state index contributed by atoms with van der Waals surface area (Å²) in [5, 5.41) is 2.84. The number of aromatic nitrogens is 9. The molecule has 0 N–H and O–H groups in total. The highest BCUT2D eigenvalue weighted by molar-refractivity contribution is 8.00. The van der Waals surface area contributed by atoms with Gasteiger partial charge in [-0.15, -0.1) is 0 Å². The smallest absolute Gasteiger partial charge is 0.164 e. The summed E-state index contributed by atoms with van der Waals surface area (Å²) in [6.07, 6.45) is 2.04. The molecule has 624 valence electrons. The van der Waals surface area contributed by atoms with Crippen molar-refractivity contribution >= 4 is 113 Å². The van der Waals surface area contributed by atoms with Gasteiger partial charge in [0.1, 0.15) is 0 Å². The number of hydrogen-bond acceptors (Lipinski definition) is 15. The van der Waals surface area contributed by atoms with E-state index in [1.807, 2.05) is 157 Å². The second-order valence-electron chi connectivity index (χ2n) is 34.2. The molecule has 3 aromatic heterocycles. The molecule has 3 aliphatic heterocycles. The lowest BCUT2D eigenvalue weighted by molar-refractivity contribution is 1.07. The zero-order chi connectivity index (χ0) is 87.6. The first-order valence-electron chi connectivity index (χ1n) is 43.5. The number of hydrogen-bond donors (Lipinski definition) is 0. The fraction of sp³-hybridized carbons (Fsp3) is 0.108. The van der Waals surface area contributed by atoms with Crippen LogP contribution in [0.5, 0.6) is 0 Å². The Kier molecular flexibility index (Phi) is 23.7. The molecule has 12 nitrogen and oxygen atoms in total. The molecule has 17 heteroatoms. The molecule has 0 aliphatic carbocycles. The van der Waals surface area contributed by atoms with Crippen LogP contribution in [0.1, 0.15) is 36.1 Å². The van der Waals surface area contributed by atoms with Gasteiger partial charge in [-0.25, -0.2) is 44.9 Å². The van der Waals surface area contributed by atoms with Crippen molar-refractivity contribution in [3.05, 3.63) is 386 Å². The molecule has 0 unspecified atom stereocenters. The van der Waals surface area contributed by atoms with Crippen molar-refractivity contribution in [1.29, 1.82) is 0 Å². The normalized spacial score (nSPS) is 12.4. The Morgan fingerprint density at radius 1 is 0.211 bits per heavy atom. The van der Waals surface area contributed by atoms with Crippen LogP contribution < -0.4 is 25.1 Å². The van der Waals surface area contributed by atoms with Crippen LogP contribution in [-0.4, -0.2) is 61.0 Å². The molecule has 0 atom stereocenters. The third-order valence-corrected chi connectivity index (χ3v) is 30.6. The highest BCUT2D eigenvalue weighted by Gasteiger charge is 2.31. The zero-order valence-electron chi connectivity index (χ0n) is 73.1. The quantitative estimate of drug-likeness (QED) is 0.0851. The van der Waals surface area contributed by atoms with Crippen LogP contribution in [0.2, 0.25) is 39.3 Å². The lowest BCUT2D eigenvalue weighted by Crippen LogP contribution is -2.37. The lowest BCUT2D eigenvalue weighted by atomic mass is 10.1. The Balaban J connectivity index is 0.000000125. The van der Waals surface area contributed by atoms with E-state index in [1.54, 1.807) is 0 Å². The van der Waals surface area contributed by atoms with Gasteiger partial charge >= 0.3 is 0 Å². The second-order valence-corrected chi connectivity index (χ2v) is 47.6. The zero-order valence-corrected chi connectivity index (χ0v) is 77.6. The Bertz CT molecular complexity index is 6740. The summed E-state index contributed by atoms with van der Waals surface area (Å²) in [7, 11) is -2.85. The van der Waals surface area contributed by atoms with E-state index in [-0.39, 0.29) is 0 Å². The van der Waals surface area contributed by atoms with Gasteiger partial charge in [0.2, 0.25) is 0 Å². The average molecular weight is 1750 g/mol. The third-order valence-electron chi connectivity index (χ3n) is 23.1. The largest absolute Gasteiger partial charge is 0.308 e. The molecule has 15 aromatic carbocycles. The van der Waals surface area contributed by atoms with Crippen molar-refractivity contribution in [2.45, 2.75) is 109 Å². The standard InChI is InChI=1S/C39H38N4SSi2.C37H30N4S.C35H26N4S/c1-45(2,3)31-23-17-28(18-24-31)38-40-37(41-39(42-38)29-19-25-32(26-20-29)46(4,5)6)27-15-21-30(22-16-27)43-33-11-7-9-13-35(33)44-36-14-10-8-12-34(36)43;1-3-25-15-21-31-33(23-25)42-34-24-26(4-2)16-22-32(34)41(31)30-19-17-29(18-20-30)37-39-35(27-11-7-5-8-12-27)38-36(40-37)28-13-9-6-10-14-28;1-23-13-19-29-31(21-23)40-32-22-24(2)14-20-30(32)39(29)28-17-15-27(16-18-28)35-37-33(25-9-5-3-6-10-25)36-34(38-35)26-11-7-4-8-12-26/h7-26H,1-6H3;5-24H,3-4H2,1-2H3;3-22H,1-2H3. The number of benzene rings is 15. The number of anilines is 9. The molecule has 0 amide bonds. The first kappa shape index (κ1) is 83.7. The average Bonchev–Trinajstić information content (AvgIpc) is 0.746. The van der Waals surface area contributed by atoms with E-state index in [0.29, 0.717) is 52.4 Å². The third kappa shape index (κ3) is 17.9. The van der Waals surface area contributed by atoms with Crippen LogP contribution in [0, 0.1) is 13.8 Å². The number of para-hydroxylation sites is 2. The van der Waals surface area contributed by atoms with Gasteiger partial charge in [0.25, 0.3) is 0 Å². The Hall–Kier alpha value is -13.8. The van der Waals surface area contributed by atoms with Crippen LogP contribution in [0.3, 0.4) is 0 Å². The molecule has 0 saturated carbocycles. The summed E-state index contributed by atoms with van der Waals surface area (Å²) in [5.74, 6) is 6.02. The molecular weight excluding hydrogens is 1650 g/mol. The molecule has 0 saturated heterocycles. The summed E-state index contributed by atoms with van der Waals surface area (Å²) in [6.45, 7) is 22.9. The van der Waals surface area contributed by atoms with Crippen molar-refractivity contribution in [2.24, 2.45) is 0 Å². The number of aryl methyl sites for hydroxylation is 4. The number of nitrogens with zero attached hydrogens (tertiary/aromatic N) is 12. The predicted molar refractivity (Wildman–Crippen MR) is 539 cm³/mol. The minimum Gasteiger partial charge on any atom is -0.308 e. The number of rotatable bonds is 16. The predicted octanol–water partition coefficient (Wildman–Crippen LogP) is 29.3. The molecule has 6 heterocycles. The van der Waals surface area contributed by atoms with Gasteiger partial charge in [0, 0.05) is 96.5 Å². The monoisotopic (exact) mass is 1750 g/mol.